The topological polar surface area (TPSA) is 51.2 Å². The van der Waals surface area contributed by atoms with Gasteiger partial charge in [-0.25, -0.2) is 4.79 Å². The quantitative estimate of drug-likeness (QED) is 0.835. The highest BCUT2D eigenvalue weighted by molar-refractivity contribution is 5.68. The van der Waals surface area contributed by atoms with Crippen molar-refractivity contribution in [2.45, 2.75) is 58.4 Å². The number of nitrogens with one attached hydrogen (secondary N) is 1. The molecule has 25 heavy (non-hydrogen) atoms. The van der Waals surface area contributed by atoms with Crippen LogP contribution in [0.2, 0.25) is 0 Å². The fourth-order valence-electron chi connectivity index (χ4n) is 3.41. The lowest BCUT2D eigenvalue weighted by Gasteiger charge is -2.37. The third kappa shape index (κ3) is 5.34. The Balaban J connectivity index is 2.08. The maximum Gasteiger partial charge on any atom is 0.414 e. The Bertz CT molecular complexity index is 563. The first kappa shape index (κ1) is 19.5. The van der Waals surface area contributed by atoms with Gasteiger partial charge in [0, 0.05) is 6.20 Å². The summed E-state index contributed by atoms with van der Waals surface area (Å²) in [4.78, 5) is 15.9. The number of hydrogen-bond donors (Lipinski definition) is 1. The second-order valence-electron chi connectivity index (χ2n) is 7.14. The lowest BCUT2D eigenvalue weighted by molar-refractivity contribution is -0.157. The van der Waals surface area contributed by atoms with Gasteiger partial charge in [-0.1, -0.05) is 33.3 Å². The van der Waals surface area contributed by atoms with E-state index in [1.165, 1.54) is 24.4 Å². The van der Waals surface area contributed by atoms with Gasteiger partial charge in [0.15, 0.2) is 6.04 Å². The molecule has 1 aliphatic rings. The molecule has 2 rings (SSSR count). The average molecular weight is 358 g/mol. The lowest BCUT2D eigenvalue weighted by Crippen LogP contribution is -2.43. The minimum absolute atomic E-state index is 0.168. The number of nitrogens with zero attached hydrogens (tertiary/aromatic N) is 1. The van der Waals surface area contributed by atoms with Crippen LogP contribution in [-0.2, 0) is 4.74 Å². The van der Waals surface area contributed by atoms with Crippen molar-refractivity contribution < 1.29 is 22.7 Å². The number of aromatic nitrogens is 1. The summed E-state index contributed by atoms with van der Waals surface area (Å²) in [6.07, 6.45) is -2.15. The van der Waals surface area contributed by atoms with Gasteiger partial charge in [-0.3, -0.25) is 4.98 Å². The number of hydrogen-bond acceptors (Lipinski definition) is 3. The number of amides is 1. The molecule has 1 amide bonds. The van der Waals surface area contributed by atoms with Crippen LogP contribution in [0.4, 0.5) is 18.0 Å². The first-order valence-electron chi connectivity index (χ1n) is 8.63. The Morgan fingerprint density at radius 2 is 2.04 bits per heavy atom. The van der Waals surface area contributed by atoms with Gasteiger partial charge in [0.2, 0.25) is 0 Å². The summed E-state index contributed by atoms with van der Waals surface area (Å²) >= 11 is 0. The maximum atomic E-state index is 13.3. The Kier molecular flexibility index (Phi) is 6.30. The van der Waals surface area contributed by atoms with E-state index < -0.39 is 18.3 Å². The van der Waals surface area contributed by atoms with Crippen molar-refractivity contribution in [2.75, 3.05) is 0 Å². The zero-order valence-electron chi connectivity index (χ0n) is 14.7. The molecule has 4 atom stereocenters. The molecule has 1 aromatic heterocycles. The summed E-state index contributed by atoms with van der Waals surface area (Å²) in [7, 11) is 0. The number of rotatable bonds is 4. The zero-order chi connectivity index (χ0) is 18.6. The van der Waals surface area contributed by atoms with Crippen LogP contribution in [0.25, 0.3) is 0 Å². The zero-order valence-corrected chi connectivity index (χ0v) is 14.7. The molecule has 140 valence electrons. The molecular weight excluding hydrogens is 333 g/mol. The van der Waals surface area contributed by atoms with Crippen molar-refractivity contribution in [1.82, 2.24) is 10.3 Å². The van der Waals surface area contributed by atoms with Crippen molar-refractivity contribution in [3.8, 4) is 0 Å². The third-order valence-corrected chi connectivity index (χ3v) is 4.79. The van der Waals surface area contributed by atoms with Crippen LogP contribution in [0.3, 0.4) is 0 Å². The van der Waals surface area contributed by atoms with Gasteiger partial charge in [0.25, 0.3) is 0 Å². The number of carbonyl (C=O) groups is 1. The van der Waals surface area contributed by atoms with Gasteiger partial charge in [0.05, 0.1) is 5.69 Å². The minimum Gasteiger partial charge on any atom is -0.446 e. The Morgan fingerprint density at radius 1 is 1.32 bits per heavy atom. The second-order valence-corrected chi connectivity index (χ2v) is 7.14. The van der Waals surface area contributed by atoms with Crippen molar-refractivity contribution in [3.05, 3.63) is 30.1 Å². The number of alkyl halides is 3. The molecule has 0 aliphatic heterocycles. The van der Waals surface area contributed by atoms with Crippen LogP contribution in [-0.4, -0.2) is 23.4 Å². The average Bonchev–Trinajstić information content (AvgIpc) is 2.52. The predicted molar refractivity (Wildman–Crippen MR) is 87.8 cm³/mol. The van der Waals surface area contributed by atoms with Gasteiger partial charge >= 0.3 is 12.3 Å². The Morgan fingerprint density at radius 3 is 2.60 bits per heavy atom. The molecule has 4 nitrogen and oxygen atoms in total. The van der Waals surface area contributed by atoms with E-state index in [2.05, 4.69) is 11.9 Å². The summed E-state index contributed by atoms with van der Waals surface area (Å²) < 4.78 is 45.3. The maximum absolute atomic E-state index is 13.3. The van der Waals surface area contributed by atoms with Crippen LogP contribution in [0.1, 0.15) is 51.8 Å². The number of alkyl carbamates (subject to hydrolysis) is 1. The third-order valence-electron chi connectivity index (χ3n) is 4.79. The molecule has 1 N–H and O–H groups in total. The van der Waals surface area contributed by atoms with Crippen LogP contribution < -0.4 is 5.32 Å². The van der Waals surface area contributed by atoms with Gasteiger partial charge in [-0.2, -0.15) is 13.2 Å². The highest BCUT2D eigenvalue weighted by atomic mass is 19.4. The highest BCUT2D eigenvalue weighted by Gasteiger charge is 2.44. The fraction of sp³-hybridized carbons (Fsp3) is 0.667. The molecule has 1 saturated carbocycles. The van der Waals surface area contributed by atoms with E-state index in [-0.39, 0.29) is 17.7 Å². The minimum atomic E-state index is -4.65. The summed E-state index contributed by atoms with van der Waals surface area (Å²) in [5.74, 6) is 0.864. The van der Waals surface area contributed by atoms with Crippen LogP contribution in [0, 0.1) is 17.8 Å². The van der Waals surface area contributed by atoms with Crippen LogP contribution in [0.15, 0.2) is 24.4 Å². The van der Waals surface area contributed by atoms with Crippen molar-refractivity contribution >= 4 is 6.09 Å². The van der Waals surface area contributed by atoms with Gasteiger partial charge in [0.1, 0.15) is 6.10 Å². The molecule has 1 unspecified atom stereocenters. The summed E-state index contributed by atoms with van der Waals surface area (Å²) in [6.45, 7) is 6.15. The lowest BCUT2D eigenvalue weighted by atomic mass is 9.75. The van der Waals surface area contributed by atoms with Crippen molar-refractivity contribution in [1.29, 1.82) is 0 Å². The summed E-state index contributed by atoms with van der Waals surface area (Å²) in [6, 6.07) is 2.02. The highest BCUT2D eigenvalue weighted by Crippen LogP contribution is 2.36. The monoisotopic (exact) mass is 358 g/mol. The van der Waals surface area contributed by atoms with E-state index in [9.17, 15) is 18.0 Å². The van der Waals surface area contributed by atoms with Crippen molar-refractivity contribution in [2.24, 2.45) is 17.8 Å². The smallest absolute Gasteiger partial charge is 0.414 e. The molecule has 0 saturated heterocycles. The van der Waals surface area contributed by atoms with Gasteiger partial charge in [-0.05, 0) is 42.7 Å². The van der Waals surface area contributed by atoms with E-state index in [1.54, 1.807) is 0 Å². The molecular formula is C18H25F3N2O2. The molecule has 1 fully saturated rings. The first-order valence-corrected chi connectivity index (χ1v) is 8.63. The van der Waals surface area contributed by atoms with Crippen LogP contribution in [0.5, 0.6) is 0 Å². The second kappa shape index (κ2) is 8.06. The van der Waals surface area contributed by atoms with Crippen LogP contribution >= 0.6 is 0 Å². The van der Waals surface area contributed by atoms with Gasteiger partial charge < -0.3 is 10.1 Å². The summed E-state index contributed by atoms with van der Waals surface area (Å²) in [5.41, 5.74) is -0.260. The molecule has 0 radical (unpaired) electrons. The number of pyridine rings is 1. The Hall–Kier alpha value is -1.79. The first-order chi connectivity index (χ1) is 11.7. The molecule has 7 heteroatoms. The fourth-order valence-corrected chi connectivity index (χ4v) is 3.41. The van der Waals surface area contributed by atoms with E-state index in [0.717, 1.165) is 12.8 Å². The number of halogens is 3. The number of ether oxygens (including phenoxy) is 1. The van der Waals surface area contributed by atoms with Crippen molar-refractivity contribution in [3.63, 3.8) is 0 Å². The standard InChI is InChI=1S/C18H25F3N2O2/c1-11(2)13-8-7-12(3)10-15(13)25-17(24)23-16(18(19,20)21)14-6-4-5-9-22-14/h4-6,9,11-13,15-16H,7-8,10H2,1-3H3,(H,23,24)/t12-,13+,15-,16?/m1/s1. The van der Waals surface area contributed by atoms with E-state index >= 15 is 0 Å². The largest absolute Gasteiger partial charge is 0.446 e. The predicted octanol–water partition coefficient (Wildman–Crippen LogP) is 4.87. The molecule has 0 bridgehead atoms. The van der Waals surface area contributed by atoms with E-state index in [0.29, 0.717) is 18.3 Å². The van der Waals surface area contributed by atoms with Gasteiger partial charge in [-0.15, -0.1) is 0 Å². The van der Waals surface area contributed by atoms with E-state index in [1.807, 2.05) is 19.2 Å². The molecule has 1 heterocycles. The SMILES string of the molecule is CC(C)[C@@H]1CC[C@@H](C)C[C@H]1OC(=O)NC(c1ccccn1)C(F)(F)F. The summed E-state index contributed by atoms with van der Waals surface area (Å²) in [5, 5.41) is 1.95. The molecule has 0 spiro atoms. The van der Waals surface area contributed by atoms with E-state index in [4.69, 9.17) is 4.74 Å². The molecule has 0 aromatic carbocycles. The molecule has 1 aromatic rings. The normalized spacial score (nSPS) is 25.5. The molecule has 1 aliphatic carbocycles. The Labute approximate surface area is 146 Å². The number of carbonyl (C=O) groups excluding carboxylic acids is 1.